The van der Waals surface area contributed by atoms with Crippen molar-refractivity contribution in [3.63, 3.8) is 0 Å². The normalized spacial score (nSPS) is 11.4. The van der Waals surface area contributed by atoms with Gasteiger partial charge >= 0.3 is 5.97 Å². The number of carboxylic acid groups (broad SMARTS) is 1. The second kappa shape index (κ2) is 5.74. The lowest BCUT2D eigenvalue weighted by atomic mass is 10.1. The highest BCUT2D eigenvalue weighted by Gasteiger charge is 2.20. The number of pyridine rings is 2. The zero-order valence-corrected chi connectivity index (χ0v) is 15.1. The molecule has 4 aromatic heterocycles. The Hall–Kier alpha value is -3.06. The summed E-state index contributed by atoms with van der Waals surface area (Å²) < 4.78 is 8.88. The van der Waals surface area contributed by atoms with Crippen LogP contribution < -0.4 is 4.74 Å². The van der Waals surface area contributed by atoms with Crippen molar-refractivity contribution in [3.05, 3.63) is 46.9 Å². The van der Waals surface area contributed by atoms with Gasteiger partial charge in [0, 0.05) is 30.4 Å². The summed E-state index contributed by atoms with van der Waals surface area (Å²) >= 11 is 6.24. The molecule has 8 heteroatoms. The van der Waals surface area contributed by atoms with Crippen molar-refractivity contribution in [1.29, 1.82) is 0 Å². The van der Waals surface area contributed by atoms with Crippen molar-refractivity contribution >= 4 is 34.0 Å². The van der Waals surface area contributed by atoms with Crippen molar-refractivity contribution in [2.75, 3.05) is 7.11 Å². The summed E-state index contributed by atoms with van der Waals surface area (Å²) in [4.78, 5) is 15.5. The molecule has 0 aliphatic heterocycles. The molecule has 0 saturated carbocycles. The lowest BCUT2D eigenvalue weighted by Crippen LogP contribution is -2.01. The van der Waals surface area contributed by atoms with Crippen molar-refractivity contribution in [1.82, 2.24) is 19.2 Å². The van der Waals surface area contributed by atoms with Gasteiger partial charge < -0.3 is 14.4 Å². The van der Waals surface area contributed by atoms with Crippen LogP contribution in [0.1, 0.15) is 15.9 Å². The molecule has 4 heterocycles. The second-order valence-corrected chi connectivity index (χ2v) is 6.36. The minimum Gasteiger partial charge on any atom is -0.494 e. The predicted octanol–water partition coefficient (Wildman–Crippen LogP) is 3.56. The molecule has 4 aromatic rings. The number of methoxy groups -OCH3 is 1. The number of aromatic nitrogens is 4. The number of carboxylic acids is 1. The average molecular weight is 371 g/mol. The zero-order valence-electron chi connectivity index (χ0n) is 14.3. The molecule has 0 atom stereocenters. The first-order valence-electron chi connectivity index (χ1n) is 7.83. The Morgan fingerprint density at radius 1 is 1.31 bits per heavy atom. The van der Waals surface area contributed by atoms with Gasteiger partial charge in [-0.05, 0) is 25.1 Å². The monoisotopic (exact) mass is 370 g/mol. The summed E-state index contributed by atoms with van der Waals surface area (Å²) in [5.41, 5.74) is 4.11. The van der Waals surface area contributed by atoms with E-state index in [1.54, 1.807) is 10.7 Å². The maximum atomic E-state index is 11.4. The van der Waals surface area contributed by atoms with Gasteiger partial charge in [0.05, 0.1) is 23.9 Å². The zero-order chi connectivity index (χ0) is 18.6. The maximum Gasteiger partial charge on any atom is 0.337 e. The Kier molecular flexibility index (Phi) is 3.62. The van der Waals surface area contributed by atoms with Crippen LogP contribution in [0.3, 0.4) is 0 Å². The third-order valence-corrected chi connectivity index (χ3v) is 4.81. The summed E-state index contributed by atoms with van der Waals surface area (Å²) in [6.45, 7) is 1.93. The van der Waals surface area contributed by atoms with E-state index in [0.717, 1.165) is 33.4 Å². The first-order valence-corrected chi connectivity index (χ1v) is 8.20. The van der Waals surface area contributed by atoms with Crippen LogP contribution in [0.2, 0.25) is 5.15 Å². The summed E-state index contributed by atoms with van der Waals surface area (Å²) in [6, 6.07) is 5.37. The highest BCUT2D eigenvalue weighted by molar-refractivity contribution is 6.34. The number of rotatable bonds is 3. The molecule has 0 amide bonds. The molecule has 0 bridgehead atoms. The van der Waals surface area contributed by atoms with Gasteiger partial charge in [0.25, 0.3) is 0 Å². The van der Waals surface area contributed by atoms with E-state index >= 15 is 0 Å². The Morgan fingerprint density at radius 2 is 2.08 bits per heavy atom. The molecule has 0 aliphatic rings. The first kappa shape index (κ1) is 16.4. The van der Waals surface area contributed by atoms with E-state index in [-0.39, 0.29) is 5.56 Å². The summed E-state index contributed by atoms with van der Waals surface area (Å²) in [7, 11) is 3.41. The van der Waals surface area contributed by atoms with Crippen molar-refractivity contribution in [2.45, 2.75) is 6.92 Å². The number of ether oxygens (including phenoxy) is 1. The van der Waals surface area contributed by atoms with Crippen molar-refractivity contribution < 1.29 is 14.6 Å². The second-order valence-electron chi connectivity index (χ2n) is 6.00. The van der Waals surface area contributed by atoms with Gasteiger partial charge in [-0.25, -0.2) is 14.3 Å². The van der Waals surface area contributed by atoms with Gasteiger partial charge in [0.2, 0.25) is 0 Å². The molecule has 0 unspecified atom stereocenters. The number of hydrogen-bond donors (Lipinski definition) is 1. The molecule has 1 N–H and O–H groups in total. The Labute approximate surface area is 153 Å². The van der Waals surface area contributed by atoms with E-state index in [1.165, 1.54) is 19.4 Å². The van der Waals surface area contributed by atoms with Crippen LogP contribution in [-0.2, 0) is 7.05 Å². The number of halogens is 1. The van der Waals surface area contributed by atoms with Crippen LogP contribution >= 0.6 is 11.6 Å². The summed E-state index contributed by atoms with van der Waals surface area (Å²) in [5, 5.41) is 15.3. The lowest BCUT2D eigenvalue weighted by molar-refractivity contribution is 0.0695. The summed E-state index contributed by atoms with van der Waals surface area (Å²) in [5.74, 6) is -0.582. The van der Waals surface area contributed by atoms with E-state index in [9.17, 15) is 9.90 Å². The van der Waals surface area contributed by atoms with Gasteiger partial charge in [0.1, 0.15) is 17.0 Å². The fourth-order valence-electron chi connectivity index (χ4n) is 3.28. The molecule has 4 rings (SSSR count). The fraction of sp³-hybridized carbons (Fsp3) is 0.167. The third kappa shape index (κ3) is 2.24. The van der Waals surface area contributed by atoms with Crippen LogP contribution in [0.25, 0.3) is 27.8 Å². The molecular formula is C18H15ClN4O3. The van der Waals surface area contributed by atoms with E-state index in [0.29, 0.717) is 10.9 Å². The number of nitrogens with zero attached hydrogens (tertiary/aromatic N) is 4. The van der Waals surface area contributed by atoms with Gasteiger partial charge in [-0.2, -0.15) is 5.10 Å². The minimum absolute atomic E-state index is 0.104. The van der Waals surface area contributed by atoms with Crippen LogP contribution in [0, 0.1) is 6.92 Å². The largest absolute Gasteiger partial charge is 0.494 e. The van der Waals surface area contributed by atoms with Gasteiger partial charge in [0.15, 0.2) is 5.15 Å². The highest BCUT2D eigenvalue weighted by atomic mass is 35.5. The number of carbonyl (C=O) groups is 1. The van der Waals surface area contributed by atoms with E-state index in [2.05, 4.69) is 10.1 Å². The maximum absolute atomic E-state index is 11.4. The first-order chi connectivity index (χ1) is 12.4. The smallest absolute Gasteiger partial charge is 0.337 e. The fourth-order valence-corrected chi connectivity index (χ4v) is 3.58. The van der Waals surface area contributed by atoms with E-state index < -0.39 is 5.97 Å². The molecule has 0 saturated heterocycles. The molecular weight excluding hydrogens is 356 g/mol. The van der Waals surface area contributed by atoms with Crippen LogP contribution in [0.5, 0.6) is 5.75 Å². The molecule has 0 spiro atoms. The third-order valence-electron chi connectivity index (χ3n) is 4.54. The minimum atomic E-state index is -1.04. The number of aryl methyl sites for hydroxylation is 2. The standard InChI is InChI=1S/C18H15ClN4O3/c1-9-14(12-6-10-4-5-20-17(19)16(10)22(12)2)21-23-8-11(18(24)25)7-13(26-3)15(9)23/h4-8H,1-3H3,(H,24,25). The van der Waals surface area contributed by atoms with E-state index in [4.69, 9.17) is 16.3 Å². The van der Waals surface area contributed by atoms with Crippen molar-refractivity contribution in [2.24, 2.45) is 7.05 Å². The Morgan fingerprint density at radius 3 is 2.73 bits per heavy atom. The number of fused-ring (bicyclic) bond motifs is 2. The van der Waals surface area contributed by atoms with Gasteiger partial charge in [-0.3, -0.25) is 0 Å². The molecule has 0 radical (unpaired) electrons. The molecule has 132 valence electrons. The van der Waals surface area contributed by atoms with Crippen LogP contribution in [0.4, 0.5) is 0 Å². The topological polar surface area (TPSA) is 81.7 Å². The number of aromatic carboxylic acids is 1. The highest BCUT2D eigenvalue weighted by Crippen LogP contribution is 2.35. The average Bonchev–Trinajstić information content (AvgIpc) is 3.12. The molecule has 0 aliphatic carbocycles. The summed E-state index contributed by atoms with van der Waals surface area (Å²) in [6.07, 6.45) is 3.14. The molecule has 0 fully saturated rings. The van der Waals surface area contributed by atoms with E-state index in [1.807, 2.05) is 30.7 Å². The predicted molar refractivity (Wildman–Crippen MR) is 98.2 cm³/mol. The van der Waals surface area contributed by atoms with Crippen LogP contribution in [-0.4, -0.2) is 37.4 Å². The molecule has 26 heavy (non-hydrogen) atoms. The number of hydrogen-bond acceptors (Lipinski definition) is 4. The lowest BCUT2D eigenvalue weighted by Gasteiger charge is -2.05. The van der Waals surface area contributed by atoms with Crippen molar-refractivity contribution in [3.8, 4) is 17.1 Å². The quantitative estimate of drug-likeness (QED) is 0.558. The van der Waals surface area contributed by atoms with Gasteiger partial charge in [-0.15, -0.1) is 0 Å². The van der Waals surface area contributed by atoms with Gasteiger partial charge in [-0.1, -0.05) is 11.6 Å². The van der Waals surface area contributed by atoms with Crippen LogP contribution in [0.15, 0.2) is 30.6 Å². The SMILES string of the molecule is COc1cc(C(=O)O)cn2nc(-c3cc4ccnc(Cl)c4n3C)c(C)c12. The molecule has 7 nitrogen and oxygen atoms in total. The Balaban J connectivity index is 2.04. The Bertz CT molecular complexity index is 1190. The molecule has 0 aromatic carbocycles.